The zero-order chi connectivity index (χ0) is 13.7. The van der Waals surface area contributed by atoms with E-state index in [2.05, 4.69) is 18.3 Å². The first-order valence-electron chi connectivity index (χ1n) is 5.81. The molecule has 0 fully saturated rings. The van der Waals surface area contributed by atoms with Crippen LogP contribution in [0.1, 0.15) is 22.7 Å². The molecule has 0 aromatic heterocycles. The first-order valence-corrected chi connectivity index (χ1v) is 7.30. The molecule has 4 nitrogen and oxygen atoms in total. The molecule has 100 valence electrons. The van der Waals surface area contributed by atoms with Gasteiger partial charge in [0.25, 0.3) is 0 Å². The van der Waals surface area contributed by atoms with Crippen LogP contribution in [-0.2, 0) is 15.6 Å². The zero-order valence-electron chi connectivity index (χ0n) is 11.0. The van der Waals surface area contributed by atoms with Gasteiger partial charge in [0, 0.05) is 22.6 Å². The fourth-order valence-corrected chi connectivity index (χ4v) is 2.90. The van der Waals surface area contributed by atoms with Crippen LogP contribution in [0.3, 0.4) is 0 Å². The summed E-state index contributed by atoms with van der Waals surface area (Å²) in [6.07, 6.45) is 0. The molecule has 3 N–H and O–H groups in total. The lowest BCUT2D eigenvalue weighted by Gasteiger charge is -2.17. The van der Waals surface area contributed by atoms with Gasteiger partial charge in [0.15, 0.2) is 0 Å². The van der Waals surface area contributed by atoms with Gasteiger partial charge < -0.3 is 11.1 Å². The van der Waals surface area contributed by atoms with Crippen molar-refractivity contribution in [3.8, 4) is 0 Å². The SMILES string of the molecule is CNC(CS(=O)CC(N)=O)c1ccc(C)c(C)c1. The molecule has 0 aliphatic rings. The van der Waals surface area contributed by atoms with E-state index in [1.165, 1.54) is 11.1 Å². The van der Waals surface area contributed by atoms with Crippen LogP contribution in [0.2, 0.25) is 0 Å². The van der Waals surface area contributed by atoms with Gasteiger partial charge in [-0.1, -0.05) is 18.2 Å². The number of nitrogens with two attached hydrogens (primary N) is 1. The monoisotopic (exact) mass is 268 g/mol. The third-order valence-corrected chi connectivity index (χ3v) is 4.25. The van der Waals surface area contributed by atoms with Crippen LogP contribution in [0.15, 0.2) is 18.2 Å². The third-order valence-electron chi connectivity index (χ3n) is 2.94. The van der Waals surface area contributed by atoms with Crippen LogP contribution in [0.4, 0.5) is 0 Å². The summed E-state index contributed by atoms with van der Waals surface area (Å²) in [6.45, 7) is 4.10. The molecule has 0 spiro atoms. The molecule has 2 atom stereocenters. The van der Waals surface area contributed by atoms with E-state index in [-0.39, 0.29) is 11.8 Å². The Balaban J connectivity index is 2.79. The van der Waals surface area contributed by atoms with Gasteiger partial charge in [0.2, 0.25) is 5.91 Å². The quantitative estimate of drug-likeness (QED) is 0.801. The lowest BCUT2D eigenvalue weighted by molar-refractivity contribution is -0.115. The third kappa shape index (κ3) is 4.23. The Hall–Kier alpha value is -1.20. The minimum atomic E-state index is -1.23. The summed E-state index contributed by atoms with van der Waals surface area (Å²) in [5.41, 5.74) is 8.55. The van der Waals surface area contributed by atoms with Gasteiger partial charge in [0.05, 0.1) is 0 Å². The summed E-state index contributed by atoms with van der Waals surface area (Å²) in [5, 5.41) is 3.12. The molecule has 5 heteroatoms. The molecule has 0 saturated carbocycles. The topological polar surface area (TPSA) is 72.2 Å². The Bertz CT molecular complexity index is 460. The Morgan fingerprint density at radius 1 is 1.39 bits per heavy atom. The van der Waals surface area contributed by atoms with E-state index >= 15 is 0 Å². The number of benzene rings is 1. The molecule has 0 aliphatic heterocycles. The van der Waals surface area contributed by atoms with Gasteiger partial charge in [-0.25, -0.2) is 0 Å². The van der Waals surface area contributed by atoms with E-state index in [0.717, 1.165) is 5.56 Å². The van der Waals surface area contributed by atoms with E-state index in [9.17, 15) is 9.00 Å². The maximum absolute atomic E-state index is 11.7. The van der Waals surface area contributed by atoms with Crippen LogP contribution in [0.25, 0.3) is 0 Å². The number of rotatable bonds is 6. The second kappa shape index (κ2) is 6.66. The fourth-order valence-electron chi connectivity index (χ4n) is 1.73. The van der Waals surface area contributed by atoms with Gasteiger partial charge in [-0.2, -0.15) is 0 Å². The number of primary amides is 1. The summed E-state index contributed by atoms with van der Waals surface area (Å²) in [7, 11) is 0.591. The first-order chi connectivity index (χ1) is 8.43. The lowest BCUT2D eigenvalue weighted by Crippen LogP contribution is -2.27. The largest absolute Gasteiger partial charge is 0.369 e. The van der Waals surface area contributed by atoms with Crippen LogP contribution >= 0.6 is 0 Å². The lowest BCUT2D eigenvalue weighted by atomic mass is 10.0. The van der Waals surface area contributed by atoms with Crippen LogP contribution in [-0.4, -0.2) is 28.7 Å². The molecule has 0 radical (unpaired) electrons. The highest BCUT2D eigenvalue weighted by molar-refractivity contribution is 7.85. The molecule has 0 bridgehead atoms. The number of amides is 1. The summed E-state index contributed by atoms with van der Waals surface area (Å²) in [5.74, 6) is -0.214. The highest BCUT2D eigenvalue weighted by atomic mass is 32.2. The molecular formula is C13H20N2O2S. The average Bonchev–Trinajstić information content (AvgIpc) is 2.29. The maximum Gasteiger partial charge on any atom is 0.230 e. The van der Waals surface area contributed by atoms with Crippen molar-refractivity contribution in [2.45, 2.75) is 19.9 Å². The highest BCUT2D eigenvalue weighted by Crippen LogP contribution is 2.17. The Morgan fingerprint density at radius 3 is 2.56 bits per heavy atom. The number of carbonyl (C=O) groups excluding carboxylic acids is 1. The van der Waals surface area contributed by atoms with Crippen molar-refractivity contribution >= 4 is 16.7 Å². The van der Waals surface area contributed by atoms with E-state index < -0.39 is 16.7 Å². The molecule has 0 aliphatic carbocycles. The highest BCUT2D eigenvalue weighted by Gasteiger charge is 2.15. The van der Waals surface area contributed by atoms with E-state index in [4.69, 9.17) is 5.73 Å². The van der Waals surface area contributed by atoms with E-state index in [1.54, 1.807) is 0 Å². The molecule has 0 saturated heterocycles. The van der Waals surface area contributed by atoms with Crippen LogP contribution in [0.5, 0.6) is 0 Å². The normalized spacial score (nSPS) is 14.2. The van der Waals surface area contributed by atoms with Gasteiger partial charge in [-0.05, 0) is 37.6 Å². The van der Waals surface area contributed by atoms with Crippen LogP contribution < -0.4 is 11.1 Å². The van der Waals surface area contributed by atoms with E-state index in [0.29, 0.717) is 5.75 Å². The molecule has 1 aromatic rings. The number of carbonyl (C=O) groups is 1. The molecule has 18 heavy (non-hydrogen) atoms. The fraction of sp³-hybridized carbons (Fsp3) is 0.462. The predicted octanol–water partition coefficient (Wildman–Crippen LogP) is 0.798. The van der Waals surface area contributed by atoms with Gasteiger partial charge in [-0.3, -0.25) is 9.00 Å². The molecule has 2 unspecified atom stereocenters. The summed E-state index contributed by atoms with van der Waals surface area (Å²) >= 11 is 0. The standard InChI is InChI=1S/C13H20N2O2S/c1-9-4-5-11(6-10(9)2)12(15-3)7-18(17)8-13(14)16/h4-6,12,15H,7-8H2,1-3H3,(H2,14,16). The number of hydrogen-bond donors (Lipinski definition) is 2. The minimum Gasteiger partial charge on any atom is -0.369 e. The molecule has 1 rings (SSSR count). The molecule has 0 heterocycles. The maximum atomic E-state index is 11.7. The zero-order valence-corrected chi connectivity index (χ0v) is 11.8. The number of nitrogens with one attached hydrogen (secondary N) is 1. The number of aryl methyl sites for hydroxylation is 2. The smallest absolute Gasteiger partial charge is 0.230 e. The van der Waals surface area contributed by atoms with Crippen molar-refractivity contribution in [1.82, 2.24) is 5.32 Å². The van der Waals surface area contributed by atoms with Crippen molar-refractivity contribution < 1.29 is 9.00 Å². The van der Waals surface area contributed by atoms with Crippen molar-refractivity contribution in [1.29, 1.82) is 0 Å². The summed E-state index contributed by atoms with van der Waals surface area (Å²) in [4.78, 5) is 10.7. The van der Waals surface area contributed by atoms with Gasteiger partial charge >= 0.3 is 0 Å². The van der Waals surface area contributed by atoms with Crippen molar-refractivity contribution in [3.63, 3.8) is 0 Å². The van der Waals surface area contributed by atoms with Gasteiger partial charge in [0.1, 0.15) is 5.75 Å². The second-order valence-corrected chi connectivity index (χ2v) is 5.90. The Morgan fingerprint density at radius 2 is 2.06 bits per heavy atom. The molecule has 1 aromatic carbocycles. The van der Waals surface area contributed by atoms with Gasteiger partial charge in [-0.15, -0.1) is 0 Å². The summed E-state index contributed by atoms with van der Waals surface area (Å²) in [6, 6.07) is 6.12. The van der Waals surface area contributed by atoms with Crippen molar-refractivity contribution in [2.24, 2.45) is 5.73 Å². The minimum absolute atomic E-state index is 0.0236. The number of hydrogen-bond acceptors (Lipinski definition) is 3. The first kappa shape index (κ1) is 14.9. The Labute approximate surface area is 110 Å². The van der Waals surface area contributed by atoms with Crippen LogP contribution in [0, 0.1) is 13.8 Å². The summed E-state index contributed by atoms with van der Waals surface area (Å²) < 4.78 is 11.7. The van der Waals surface area contributed by atoms with Crippen molar-refractivity contribution in [2.75, 3.05) is 18.6 Å². The van der Waals surface area contributed by atoms with Crippen molar-refractivity contribution in [3.05, 3.63) is 34.9 Å². The Kier molecular flexibility index (Phi) is 5.50. The average molecular weight is 268 g/mol. The molecular weight excluding hydrogens is 248 g/mol. The predicted molar refractivity (Wildman–Crippen MR) is 74.8 cm³/mol. The second-order valence-electron chi connectivity index (χ2n) is 4.40. The van der Waals surface area contributed by atoms with E-state index in [1.807, 2.05) is 26.1 Å². The molecule has 1 amide bonds.